The van der Waals surface area contributed by atoms with E-state index in [1.807, 2.05) is 29.2 Å². The molecule has 0 bridgehead atoms. The molecule has 0 unspecified atom stereocenters. The van der Waals surface area contributed by atoms with Crippen LogP contribution >= 0.6 is 11.3 Å². The van der Waals surface area contributed by atoms with E-state index in [1.54, 1.807) is 39.6 Å². The molecule has 10 nitrogen and oxygen atoms in total. The summed E-state index contributed by atoms with van der Waals surface area (Å²) in [4.78, 5) is 50.0. The van der Waals surface area contributed by atoms with E-state index in [0.717, 1.165) is 34.3 Å². The Morgan fingerprint density at radius 3 is 2.62 bits per heavy atom. The average molecular weight is 516 g/mol. The van der Waals surface area contributed by atoms with E-state index < -0.39 is 0 Å². The lowest BCUT2D eigenvalue weighted by Gasteiger charge is -2.34. The first-order valence-corrected chi connectivity index (χ1v) is 13.1. The number of nitrogens with one attached hydrogen (secondary N) is 1. The summed E-state index contributed by atoms with van der Waals surface area (Å²) in [6, 6.07) is 9.16. The number of amides is 3. The molecule has 4 heterocycles. The molecule has 4 aromatic rings. The summed E-state index contributed by atoms with van der Waals surface area (Å²) in [7, 11) is 0. The number of nitrogens with zero attached hydrogens (tertiary/aromatic N) is 6. The van der Waals surface area contributed by atoms with Crippen molar-refractivity contribution in [2.45, 2.75) is 19.4 Å². The van der Waals surface area contributed by atoms with Crippen LogP contribution in [0.3, 0.4) is 0 Å². The number of fused-ring (bicyclic) bond motifs is 1. The Bertz CT molecular complexity index is 1470. The predicted molar refractivity (Wildman–Crippen MR) is 139 cm³/mol. The van der Waals surface area contributed by atoms with Gasteiger partial charge in [0, 0.05) is 72.7 Å². The number of thiazole rings is 1. The number of anilines is 1. The quantitative estimate of drug-likeness (QED) is 0.423. The van der Waals surface area contributed by atoms with Crippen LogP contribution in [0.2, 0.25) is 0 Å². The zero-order valence-electron chi connectivity index (χ0n) is 20.0. The summed E-state index contributed by atoms with van der Waals surface area (Å²) in [5.41, 5.74) is 2.56. The van der Waals surface area contributed by atoms with E-state index in [4.69, 9.17) is 0 Å². The minimum absolute atomic E-state index is 0.0206. The van der Waals surface area contributed by atoms with Crippen molar-refractivity contribution in [3.8, 4) is 10.6 Å². The molecular weight excluding hydrogens is 490 g/mol. The molecule has 0 spiro atoms. The largest absolute Gasteiger partial charge is 0.339 e. The second kappa shape index (κ2) is 9.74. The van der Waals surface area contributed by atoms with Gasteiger partial charge in [0.1, 0.15) is 17.2 Å². The number of piperazine rings is 1. The standard InChI is InChI=1S/C26H25N7O3S/c34-23(31-8-10-32(11-9-31)26(36)17-3-4-17)15-33-14-19-12-20(5-6-21(19)30-33)28-24(35)22-16-37-25(29-22)18-2-1-7-27-13-18/h1-2,5-7,12-14,16-17H,3-4,8-11,15H2,(H,28,35). The van der Waals surface area contributed by atoms with Crippen molar-refractivity contribution >= 4 is 45.6 Å². The maximum Gasteiger partial charge on any atom is 0.275 e. The number of benzene rings is 1. The molecule has 2 fully saturated rings. The van der Waals surface area contributed by atoms with Gasteiger partial charge in [-0.15, -0.1) is 11.3 Å². The number of hydrogen-bond acceptors (Lipinski definition) is 7. The maximum atomic E-state index is 12.8. The van der Waals surface area contributed by atoms with Crippen LogP contribution in [-0.2, 0) is 16.1 Å². The minimum Gasteiger partial charge on any atom is -0.339 e. The second-order valence-corrected chi connectivity index (χ2v) is 10.2. The van der Waals surface area contributed by atoms with E-state index >= 15 is 0 Å². The Kier molecular flexibility index (Phi) is 6.13. The van der Waals surface area contributed by atoms with Gasteiger partial charge >= 0.3 is 0 Å². The van der Waals surface area contributed by atoms with Gasteiger partial charge in [0.25, 0.3) is 5.91 Å². The molecule has 1 aromatic carbocycles. The molecule has 6 rings (SSSR count). The SMILES string of the molecule is O=C(Nc1ccc2nn(CC(=O)N3CCN(C(=O)C4CC4)CC3)cc2c1)c1csc(-c2cccnc2)n1. The Labute approximate surface area is 216 Å². The second-order valence-electron chi connectivity index (χ2n) is 9.31. The van der Waals surface area contributed by atoms with Gasteiger partial charge in [0.15, 0.2) is 0 Å². The van der Waals surface area contributed by atoms with Crippen LogP contribution < -0.4 is 5.32 Å². The zero-order chi connectivity index (χ0) is 25.4. The summed E-state index contributed by atoms with van der Waals surface area (Å²) in [5, 5.41) is 10.7. The lowest BCUT2D eigenvalue weighted by Crippen LogP contribution is -2.51. The topological polar surface area (TPSA) is 113 Å². The van der Waals surface area contributed by atoms with Gasteiger partial charge in [-0.2, -0.15) is 5.10 Å². The van der Waals surface area contributed by atoms with Crippen molar-refractivity contribution < 1.29 is 14.4 Å². The minimum atomic E-state index is -0.299. The smallest absolute Gasteiger partial charge is 0.275 e. The monoisotopic (exact) mass is 515 g/mol. The molecule has 37 heavy (non-hydrogen) atoms. The highest BCUT2D eigenvalue weighted by Crippen LogP contribution is 2.31. The van der Waals surface area contributed by atoms with Crippen molar-refractivity contribution in [2.24, 2.45) is 5.92 Å². The molecule has 188 valence electrons. The predicted octanol–water partition coefficient (Wildman–Crippen LogP) is 2.89. The molecule has 3 aromatic heterocycles. The van der Waals surface area contributed by atoms with Crippen molar-refractivity contribution in [2.75, 3.05) is 31.5 Å². The van der Waals surface area contributed by atoms with Gasteiger partial charge in [0.05, 0.1) is 5.52 Å². The lowest BCUT2D eigenvalue weighted by atomic mass is 10.2. The zero-order valence-corrected chi connectivity index (χ0v) is 20.9. The van der Waals surface area contributed by atoms with Crippen LogP contribution in [0.15, 0.2) is 54.3 Å². The molecule has 11 heteroatoms. The number of carbonyl (C=O) groups is 3. The van der Waals surface area contributed by atoms with Crippen molar-refractivity contribution in [1.29, 1.82) is 0 Å². The third-order valence-corrected chi connectivity index (χ3v) is 7.51. The summed E-state index contributed by atoms with van der Waals surface area (Å²) in [6.45, 7) is 2.41. The molecule has 1 aliphatic carbocycles. The van der Waals surface area contributed by atoms with Crippen LogP contribution in [0.5, 0.6) is 0 Å². The Balaban J connectivity index is 1.07. The summed E-state index contributed by atoms with van der Waals surface area (Å²) >= 11 is 1.39. The first-order valence-electron chi connectivity index (χ1n) is 12.2. The van der Waals surface area contributed by atoms with Crippen LogP contribution in [0.1, 0.15) is 23.3 Å². The van der Waals surface area contributed by atoms with E-state index in [9.17, 15) is 14.4 Å². The molecule has 1 aliphatic heterocycles. The Hall–Kier alpha value is -4.12. The third kappa shape index (κ3) is 5.08. The normalized spacial score (nSPS) is 15.7. The number of rotatable bonds is 6. The molecule has 2 aliphatic rings. The van der Waals surface area contributed by atoms with Gasteiger partial charge in [-0.3, -0.25) is 24.0 Å². The molecule has 1 saturated carbocycles. The van der Waals surface area contributed by atoms with Crippen molar-refractivity contribution in [3.05, 3.63) is 60.0 Å². The van der Waals surface area contributed by atoms with E-state index in [2.05, 4.69) is 20.4 Å². The van der Waals surface area contributed by atoms with E-state index in [0.29, 0.717) is 37.6 Å². The molecule has 1 saturated heterocycles. The highest BCUT2D eigenvalue weighted by molar-refractivity contribution is 7.13. The van der Waals surface area contributed by atoms with Crippen molar-refractivity contribution in [3.63, 3.8) is 0 Å². The fourth-order valence-corrected chi connectivity index (χ4v) is 5.22. The molecule has 3 amide bonds. The third-order valence-electron chi connectivity index (χ3n) is 6.62. The van der Waals surface area contributed by atoms with Gasteiger partial charge in [-0.25, -0.2) is 4.98 Å². The van der Waals surface area contributed by atoms with Crippen LogP contribution in [0, 0.1) is 5.92 Å². The van der Waals surface area contributed by atoms with E-state index in [1.165, 1.54) is 11.3 Å². The number of carbonyl (C=O) groups excluding carboxylic acids is 3. The van der Waals surface area contributed by atoms with Gasteiger partial charge in [-0.1, -0.05) is 0 Å². The fraction of sp³-hybridized carbons (Fsp3) is 0.308. The molecule has 1 N–H and O–H groups in total. The Morgan fingerprint density at radius 2 is 1.86 bits per heavy atom. The maximum absolute atomic E-state index is 12.8. The molecule has 0 atom stereocenters. The van der Waals surface area contributed by atoms with Crippen LogP contribution in [0.4, 0.5) is 5.69 Å². The van der Waals surface area contributed by atoms with E-state index in [-0.39, 0.29) is 30.2 Å². The summed E-state index contributed by atoms with van der Waals surface area (Å²) < 4.78 is 1.63. The van der Waals surface area contributed by atoms with Crippen molar-refractivity contribution in [1.82, 2.24) is 29.5 Å². The number of pyridine rings is 1. The highest BCUT2D eigenvalue weighted by atomic mass is 32.1. The first kappa shape index (κ1) is 23.3. The fourth-order valence-electron chi connectivity index (χ4n) is 4.43. The van der Waals surface area contributed by atoms with Crippen LogP contribution in [-0.4, -0.2) is 73.4 Å². The lowest BCUT2D eigenvalue weighted by molar-refractivity contribution is -0.140. The molecule has 0 radical (unpaired) electrons. The molecular formula is C26H25N7O3S. The van der Waals surface area contributed by atoms with Gasteiger partial charge in [-0.05, 0) is 43.2 Å². The number of aromatic nitrogens is 4. The Morgan fingerprint density at radius 1 is 1.05 bits per heavy atom. The van der Waals surface area contributed by atoms with Gasteiger partial charge in [0.2, 0.25) is 11.8 Å². The van der Waals surface area contributed by atoms with Crippen LogP contribution in [0.25, 0.3) is 21.5 Å². The highest BCUT2D eigenvalue weighted by Gasteiger charge is 2.35. The average Bonchev–Trinajstić information content (AvgIpc) is 3.51. The first-order chi connectivity index (χ1) is 18.0. The number of hydrogen-bond donors (Lipinski definition) is 1. The summed E-state index contributed by atoms with van der Waals surface area (Å²) in [6.07, 6.45) is 7.20. The van der Waals surface area contributed by atoms with Gasteiger partial charge < -0.3 is 15.1 Å². The summed E-state index contributed by atoms with van der Waals surface area (Å²) in [5.74, 6) is 0.122.